The lowest BCUT2D eigenvalue weighted by atomic mass is 10.1. The van der Waals surface area contributed by atoms with Crippen molar-refractivity contribution in [3.8, 4) is 5.75 Å². The number of amides is 1. The molecular weight excluding hydrogens is 276 g/mol. The number of benzene rings is 1. The molecule has 0 bridgehead atoms. The van der Waals surface area contributed by atoms with E-state index in [9.17, 15) is 19.5 Å². The van der Waals surface area contributed by atoms with Crippen molar-refractivity contribution in [1.82, 2.24) is 4.98 Å². The third kappa shape index (κ3) is 3.08. The van der Waals surface area contributed by atoms with Gasteiger partial charge in [0.25, 0.3) is 5.91 Å². The van der Waals surface area contributed by atoms with Crippen LogP contribution >= 0.6 is 0 Å². The zero-order chi connectivity index (χ0) is 15.6. The van der Waals surface area contributed by atoms with E-state index in [1.807, 2.05) is 0 Å². The second kappa shape index (κ2) is 5.49. The van der Waals surface area contributed by atoms with E-state index in [0.717, 1.165) is 6.07 Å². The Bertz CT molecular complexity index is 779. The van der Waals surface area contributed by atoms with Gasteiger partial charge in [-0.2, -0.15) is 0 Å². The average Bonchev–Trinajstić information content (AvgIpc) is 2.40. The van der Waals surface area contributed by atoms with Crippen LogP contribution in [0.15, 0.2) is 35.3 Å². The molecule has 108 valence electrons. The minimum Gasteiger partial charge on any atom is -0.508 e. The number of carboxylic acids is 1. The summed E-state index contributed by atoms with van der Waals surface area (Å²) in [6.45, 7) is 1.67. The predicted molar refractivity (Wildman–Crippen MR) is 74.8 cm³/mol. The van der Waals surface area contributed by atoms with E-state index in [2.05, 4.69) is 10.3 Å². The second-order valence-electron chi connectivity index (χ2n) is 4.38. The Balaban J connectivity index is 2.36. The number of aromatic nitrogens is 1. The predicted octanol–water partition coefficient (Wildman–Crippen LogP) is 1.34. The van der Waals surface area contributed by atoms with Crippen LogP contribution in [0.25, 0.3) is 0 Å². The summed E-state index contributed by atoms with van der Waals surface area (Å²) in [5.41, 5.74) is -0.283. The first-order chi connectivity index (χ1) is 9.88. The molecule has 0 saturated carbocycles. The highest BCUT2D eigenvalue weighted by Gasteiger charge is 2.16. The molecule has 4 N–H and O–H groups in total. The summed E-state index contributed by atoms with van der Waals surface area (Å²) in [5.74, 6) is -2.28. The summed E-state index contributed by atoms with van der Waals surface area (Å²) in [5, 5.41) is 20.7. The molecule has 0 aliphatic carbocycles. The zero-order valence-corrected chi connectivity index (χ0v) is 11.0. The third-order valence-corrected chi connectivity index (χ3v) is 2.78. The number of carboxylic acid groups (broad SMARTS) is 1. The van der Waals surface area contributed by atoms with Crippen LogP contribution in [0, 0.1) is 6.92 Å². The summed E-state index contributed by atoms with van der Waals surface area (Å²) in [6, 6.07) is 4.77. The van der Waals surface area contributed by atoms with Crippen molar-refractivity contribution in [3.63, 3.8) is 0 Å². The van der Waals surface area contributed by atoms with Gasteiger partial charge in [0, 0.05) is 18.0 Å². The molecule has 7 heteroatoms. The molecule has 2 rings (SSSR count). The number of pyridine rings is 1. The van der Waals surface area contributed by atoms with Crippen LogP contribution in [-0.4, -0.2) is 27.1 Å². The van der Waals surface area contributed by atoms with E-state index in [-0.39, 0.29) is 22.6 Å². The van der Waals surface area contributed by atoms with Gasteiger partial charge < -0.3 is 20.5 Å². The molecule has 21 heavy (non-hydrogen) atoms. The fourth-order valence-corrected chi connectivity index (χ4v) is 1.76. The Labute approximate surface area is 118 Å². The Morgan fingerprint density at radius 3 is 2.52 bits per heavy atom. The van der Waals surface area contributed by atoms with Crippen LogP contribution in [0.2, 0.25) is 0 Å². The van der Waals surface area contributed by atoms with E-state index >= 15 is 0 Å². The van der Waals surface area contributed by atoms with Crippen molar-refractivity contribution in [2.45, 2.75) is 6.92 Å². The lowest BCUT2D eigenvalue weighted by Gasteiger charge is -2.08. The number of hydrogen-bond acceptors (Lipinski definition) is 4. The number of carbonyl (C=O) groups is 2. The van der Waals surface area contributed by atoms with Crippen molar-refractivity contribution >= 4 is 17.6 Å². The molecule has 1 aromatic heterocycles. The number of aromatic carboxylic acids is 1. The van der Waals surface area contributed by atoms with Crippen LogP contribution in [0.1, 0.15) is 26.4 Å². The minimum absolute atomic E-state index is 0.00900. The number of phenolic OH excluding ortho intramolecular Hbond substituents is 1. The van der Waals surface area contributed by atoms with Crippen LogP contribution in [-0.2, 0) is 0 Å². The highest BCUT2D eigenvalue weighted by atomic mass is 16.4. The Hall–Kier alpha value is -3.09. The maximum Gasteiger partial charge on any atom is 0.337 e. The van der Waals surface area contributed by atoms with Gasteiger partial charge in [-0.1, -0.05) is 0 Å². The number of carbonyl (C=O) groups excluding carboxylic acids is 1. The minimum atomic E-state index is -1.31. The summed E-state index contributed by atoms with van der Waals surface area (Å²) in [6.07, 6.45) is 1.26. The molecule has 0 spiro atoms. The number of H-pyrrole nitrogens is 1. The van der Waals surface area contributed by atoms with Gasteiger partial charge in [0.15, 0.2) is 5.43 Å². The lowest BCUT2D eigenvalue weighted by molar-refractivity contribution is 0.0697. The summed E-state index contributed by atoms with van der Waals surface area (Å²) < 4.78 is 0. The molecule has 0 fully saturated rings. The van der Waals surface area contributed by atoms with Gasteiger partial charge in [-0.15, -0.1) is 0 Å². The SMILES string of the molecule is Cc1cc(=O)c(C(=O)Nc2ccc(O)cc2C(=O)O)c[nH]1. The van der Waals surface area contributed by atoms with Crippen LogP contribution in [0.5, 0.6) is 5.75 Å². The van der Waals surface area contributed by atoms with Gasteiger partial charge >= 0.3 is 5.97 Å². The number of nitrogens with one attached hydrogen (secondary N) is 2. The Kier molecular flexibility index (Phi) is 3.75. The van der Waals surface area contributed by atoms with Crippen molar-refractivity contribution in [3.05, 3.63) is 57.5 Å². The summed E-state index contributed by atoms with van der Waals surface area (Å²) in [4.78, 5) is 37.5. The van der Waals surface area contributed by atoms with Crippen LogP contribution < -0.4 is 10.7 Å². The fourth-order valence-electron chi connectivity index (χ4n) is 1.76. The number of anilines is 1. The molecule has 2 aromatic rings. The Morgan fingerprint density at radius 2 is 1.90 bits per heavy atom. The van der Waals surface area contributed by atoms with E-state index in [1.165, 1.54) is 24.4 Å². The molecule has 0 aliphatic rings. The quantitative estimate of drug-likeness (QED) is 0.635. The van der Waals surface area contributed by atoms with Gasteiger partial charge in [0.1, 0.15) is 11.3 Å². The van der Waals surface area contributed by atoms with Crippen molar-refractivity contribution in [1.29, 1.82) is 0 Å². The van der Waals surface area contributed by atoms with E-state index in [0.29, 0.717) is 5.69 Å². The first kappa shape index (κ1) is 14.3. The van der Waals surface area contributed by atoms with Gasteiger partial charge in [-0.25, -0.2) is 4.79 Å². The van der Waals surface area contributed by atoms with Gasteiger partial charge in [0.2, 0.25) is 0 Å². The fraction of sp³-hybridized carbons (Fsp3) is 0.0714. The largest absolute Gasteiger partial charge is 0.508 e. The first-order valence-electron chi connectivity index (χ1n) is 5.95. The zero-order valence-electron chi connectivity index (χ0n) is 11.0. The van der Waals surface area contributed by atoms with E-state index in [4.69, 9.17) is 5.11 Å². The number of rotatable bonds is 3. The molecular formula is C14H12N2O5. The first-order valence-corrected chi connectivity index (χ1v) is 5.95. The number of phenols is 1. The standard InChI is InChI=1S/C14H12N2O5/c1-7-4-12(18)10(6-15-7)13(19)16-11-3-2-8(17)5-9(11)14(20)21/h2-6,17H,1H3,(H,15,18)(H,16,19)(H,20,21). The highest BCUT2D eigenvalue weighted by molar-refractivity contribution is 6.07. The molecule has 0 aliphatic heterocycles. The Morgan fingerprint density at radius 1 is 1.19 bits per heavy atom. The molecule has 0 radical (unpaired) electrons. The number of aromatic amines is 1. The second-order valence-corrected chi connectivity index (χ2v) is 4.38. The highest BCUT2D eigenvalue weighted by Crippen LogP contribution is 2.21. The third-order valence-electron chi connectivity index (χ3n) is 2.78. The van der Waals surface area contributed by atoms with Crippen molar-refractivity contribution in [2.24, 2.45) is 0 Å². The molecule has 0 atom stereocenters. The van der Waals surface area contributed by atoms with Gasteiger partial charge in [-0.3, -0.25) is 9.59 Å². The monoisotopic (exact) mass is 288 g/mol. The molecule has 0 unspecified atom stereocenters. The summed E-state index contributed by atoms with van der Waals surface area (Å²) in [7, 11) is 0. The maximum absolute atomic E-state index is 12.0. The number of aryl methyl sites for hydroxylation is 1. The number of aromatic hydroxyl groups is 1. The van der Waals surface area contributed by atoms with Crippen LogP contribution in [0.4, 0.5) is 5.69 Å². The average molecular weight is 288 g/mol. The van der Waals surface area contributed by atoms with Crippen LogP contribution in [0.3, 0.4) is 0 Å². The molecule has 1 heterocycles. The number of hydrogen-bond donors (Lipinski definition) is 4. The smallest absolute Gasteiger partial charge is 0.337 e. The molecule has 0 saturated heterocycles. The topological polar surface area (TPSA) is 119 Å². The van der Waals surface area contributed by atoms with Gasteiger partial charge in [0.05, 0.1) is 11.3 Å². The van der Waals surface area contributed by atoms with Crippen molar-refractivity contribution < 1.29 is 19.8 Å². The lowest BCUT2D eigenvalue weighted by Crippen LogP contribution is -2.22. The van der Waals surface area contributed by atoms with Gasteiger partial charge in [-0.05, 0) is 25.1 Å². The molecule has 7 nitrogen and oxygen atoms in total. The summed E-state index contributed by atoms with van der Waals surface area (Å²) >= 11 is 0. The normalized spacial score (nSPS) is 10.1. The maximum atomic E-state index is 12.0. The van der Waals surface area contributed by atoms with Crippen molar-refractivity contribution in [2.75, 3.05) is 5.32 Å². The molecule has 1 amide bonds. The van der Waals surface area contributed by atoms with E-state index in [1.54, 1.807) is 6.92 Å². The van der Waals surface area contributed by atoms with E-state index < -0.39 is 17.3 Å². The molecule has 1 aromatic carbocycles.